The van der Waals surface area contributed by atoms with E-state index < -0.39 is 6.10 Å². The van der Waals surface area contributed by atoms with Crippen molar-refractivity contribution in [2.24, 2.45) is 11.7 Å². The summed E-state index contributed by atoms with van der Waals surface area (Å²) >= 11 is 0. The molecule has 3 rings (SSSR count). The second-order valence-electron chi connectivity index (χ2n) is 7.11. The lowest BCUT2D eigenvalue weighted by molar-refractivity contribution is -0.127. The molecule has 4 nitrogen and oxygen atoms in total. The molecule has 0 unspecified atom stereocenters. The number of nitrogens with two attached hydrogens (primary N) is 1. The molecule has 0 saturated heterocycles. The summed E-state index contributed by atoms with van der Waals surface area (Å²) in [7, 11) is 0. The topological polar surface area (TPSA) is 75.3 Å². The second-order valence-corrected chi connectivity index (χ2v) is 7.11. The monoisotopic (exact) mass is 302 g/mol. The van der Waals surface area contributed by atoms with E-state index in [-0.39, 0.29) is 23.4 Å². The maximum Gasteiger partial charge on any atom is 0.223 e. The van der Waals surface area contributed by atoms with Crippen molar-refractivity contribution in [3.63, 3.8) is 0 Å². The van der Waals surface area contributed by atoms with E-state index in [0.717, 1.165) is 25.7 Å². The molecule has 4 N–H and O–H groups in total. The first-order valence-corrected chi connectivity index (χ1v) is 8.29. The number of nitrogens with one attached hydrogen (secondary N) is 1. The molecule has 0 bridgehead atoms. The molecule has 0 aromatic heterocycles. The van der Waals surface area contributed by atoms with Crippen LogP contribution in [0.2, 0.25) is 0 Å². The molecule has 3 atom stereocenters. The van der Waals surface area contributed by atoms with Crippen molar-refractivity contribution in [1.29, 1.82) is 0 Å². The van der Waals surface area contributed by atoms with Gasteiger partial charge in [-0.2, -0.15) is 0 Å². The number of rotatable bonds is 4. The molecular formula is C18H26N2O2. The highest BCUT2D eigenvalue weighted by molar-refractivity contribution is 5.80. The van der Waals surface area contributed by atoms with Crippen LogP contribution >= 0.6 is 0 Å². The number of amides is 1. The summed E-state index contributed by atoms with van der Waals surface area (Å²) in [6.07, 6.45) is 4.51. The third-order valence-electron chi connectivity index (χ3n) is 5.26. The van der Waals surface area contributed by atoms with Crippen LogP contribution in [0.5, 0.6) is 0 Å². The van der Waals surface area contributed by atoms with E-state index in [1.165, 1.54) is 11.1 Å². The Morgan fingerprint density at radius 1 is 1.36 bits per heavy atom. The first-order chi connectivity index (χ1) is 10.5. The zero-order valence-electron chi connectivity index (χ0n) is 13.2. The third kappa shape index (κ3) is 3.33. The lowest BCUT2D eigenvalue weighted by Gasteiger charge is -2.31. The van der Waals surface area contributed by atoms with Crippen molar-refractivity contribution in [2.45, 2.75) is 63.1 Å². The highest BCUT2D eigenvalue weighted by atomic mass is 16.3. The van der Waals surface area contributed by atoms with Crippen LogP contribution in [0.4, 0.5) is 0 Å². The lowest BCUT2D eigenvalue weighted by atomic mass is 9.83. The van der Waals surface area contributed by atoms with E-state index in [1.54, 1.807) is 0 Å². The van der Waals surface area contributed by atoms with Crippen molar-refractivity contribution in [3.8, 4) is 0 Å². The Kier molecular flexibility index (Phi) is 4.24. The van der Waals surface area contributed by atoms with Crippen LogP contribution in [0.25, 0.3) is 0 Å². The van der Waals surface area contributed by atoms with Crippen molar-refractivity contribution in [2.75, 3.05) is 0 Å². The summed E-state index contributed by atoms with van der Waals surface area (Å²) in [5.41, 5.74) is 8.45. The van der Waals surface area contributed by atoms with Crippen molar-refractivity contribution >= 4 is 5.91 Å². The van der Waals surface area contributed by atoms with Crippen molar-refractivity contribution in [3.05, 3.63) is 35.4 Å². The molecule has 4 heteroatoms. The van der Waals surface area contributed by atoms with Crippen LogP contribution in [0, 0.1) is 12.8 Å². The fourth-order valence-electron chi connectivity index (χ4n) is 3.46. The van der Waals surface area contributed by atoms with Crippen LogP contribution in [0.3, 0.4) is 0 Å². The van der Waals surface area contributed by atoms with Gasteiger partial charge in [0, 0.05) is 17.5 Å². The molecule has 2 fully saturated rings. The molecule has 0 spiro atoms. The molecule has 2 saturated carbocycles. The van der Waals surface area contributed by atoms with E-state index in [9.17, 15) is 9.90 Å². The largest absolute Gasteiger partial charge is 0.392 e. The van der Waals surface area contributed by atoms with E-state index in [4.69, 9.17) is 5.73 Å². The normalized spacial score (nSPS) is 29.9. The number of hydrogen-bond acceptors (Lipinski definition) is 3. The van der Waals surface area contributed by atoms with E-state index in [0.29, 0.717) is 12.8 Å². The Morgan fingerprint density at radius 3 is 2.73 bits per heavy atom. The van der Waals surface area contributed by atoms with Crippen LogP contribution in [0.15, 0.2) is 24.3 Å². The summed E-state index contributed by atoms with van der Waals surface area (Å²) in [6.45, 7) is 2.12. The molecule has 0 heterocycles. The first-order valence-electron chi connectivity index (χ1n) is 8.29. The van der Waals surface area contributed by atoms with Gasteiger partial charge in [0.1, 0.15) is 0 Å². The molecule has 2 aliphatic rings. The predicted molar refractivity (Wildman–Crippen MR) is 86.3 cm³/mol. The van der Waals surface area contributed by atoms with E-state index in [2.05, 4.69) is 30.4 Å². The summed E-state index contributed by atoms with van der Waals surface area (Å²) in [5, 5.41) is 13.0. The van der Waals surface area contributed by atoms with Crippen LogP contribution in [0.1, 0.15) is 43.2 Å². The van der Waals surface area contributed by atoms with Gasteiger partial charge in [0.2, 0.25) is 5.91 Å². The number of aliphatic hydroxyl groups excluding tert-OH is 1. The van der Waals surface area contributed by atoms with Gasteiger partial charge in [0.15, 0.2) is 0 Å². The molecule has 0 radical (unpaired) electrons. The minimum Gasteiger partial charge on any atom is -0.392 e. The Bertz CT molecular complexity index is 554. The van der Waals surface area contributed by atoms with Gasteiger partial charge >= 0.3 is 0 Å². The highest BCUT2D eigenvalue weighted by Gasteiger charge is 2.45. The van der Waals surface area contributed by atoms with Gasteiger partial charge in [-0.25, -0.2) is 0 Å². The van der Waals surface area contributed by atoms with Crippen molar-refractivity contribution < 1.29 is 9.90 Å². The van der Waals surface area contributed by atoms with Crippen molar-refractivity contribution in [1.82, 2.24) is 5.32 Å². The minimum atomic E-state index is -0.453. The number of carbonyl (C=O) groups is 1. The van der Waals surface area contributed by atoms with Gasteiger partial charge in [-0.15, -0.1) is 0 Å². The van der Waals surface area contributed by atoms with Gasteiger partial charge in [-0.1, -0.05) is 24.3 Å². The molecule has 1 aromatic carbocycles. The van der Waals surface area contributed by atoms with Gasteiger partial charge in [-0.05, 0) is 56.6 Å². The second kappa shape index (κ2) is 6.01. The average molecular weight is 302 g/mol. The lowest BCUT2D eigenvalue weighted by Crippen LogP contribution is -2.48. The average Bonchev–Trinajstić information content (AvgIpc) is 3.24. The summed E-state index contributed by atoms with van der Waals surface area (Å²) in [5.74, 6) is 0.0705. The van der Waals surface area contributed by atoms with Gasteiger partial charge < -0.3 is 16.2 Å². The van der Waals surface area contributed by atoms with E-state index in [1.807, 2.05) is 6.07 Å². The zero-order chi connectivity index (χ0) is 15.7. The maximum absolute atomic E-state index is 12.5. The molecule has 22 heavy (non-hydrogen) atoms. The number of hydrogen-bond donors (Lipinski definition) is 3. The number of aliphatic hydroxyl groups is 1. The quantitative estimate of drug-likeness (QED) is 0.792. The Morgan fingerprint density at radius 2 is 2.09 bits per heavy atom. The molecule has 120 valence electrons. The minimum absolute atomic E-state index is 0.0484. The summed E-state index contributed by atoms with van der Waals surface area (Å²) in [6, 6.07) is 8.10. The number of aryl methyl sites for hydroxylation is 1. The predicted octanol–water partition coefficient (Wildman–Crippen LogP) is 1.67. The molecule has 2 aliphatic carbocycles. The molecule has 0 aliphatic heterocycles. The third-order valence-corrected chi connectivity index (χ3v) is 5.26. The maximum atomic E-state index is 12.5. The smallest absolute Gasteiger partial charge is 0.223 e. The Balaban J connectivity index is 1.60. The Labute approximate surface area is 132 Å². The molecule has 1 amide bonds. The molecular weight excluding hydrogens is 276 g/mol. The molecule has 1 aromatic rings. The number of benzene rings is 1. The fraction of sp³-hybridized carbons (Fsp3) is 0.611. The van der Waals surface area contributed by atoms with E-state index >= 15 is 0 Å². The van der Waals surface area contributed by atoms with Gasteiger partial charge in [0.25, 0.3) is 0 Å². The SMILES string of the molecule is Cc1ccccc1CC1(NC(=O)[C@H]2CC[C@@H](O)[C@H](N)C2)CC1. The van der Waals surface area contributed by atoms with Crippen LogP contribution in [-0.4, -0.2) is 28.7 Å². The standard InChI is InChI=1S/C18H26N2O2/c1-12-4-2-3-5-14(12)11-18(8-9-18)20-17(22)13-6-7-16(21)15(19)10-13/h2-5,13,15-16,21H,6-11,19H2,1H3,(H,20,22)/t13-,15+,16+/m0/s1. The van der Waals surface area contributed by atoms with Crippen LogP contribution < -0.4 is 11.1 Å². The van der Waals surface area contributed by atoms with Gasteiger partial charge in [0.05, 0.1) is 6.10 Å². The highest BCUT2D eigenvalue weighted by Crippen LogP contribution is 2.40. The first kappa shape index (κ1) is 15.5. The van der Waals surface area contributed by atoms with Gasteiger partial charge in [-0.3, -0.25) is 4.79 Å². The summed E-state index contributed by atoms with van der Waals surface area (Å²) < 4.78 is 0. The zero-order valence-corrected chi connectivity index (χ0v) is 13.2. The Hall–Kier alpha value is -1.39. The number of carbonyl (C=O) groups excluding carboxylic acids is 1. The fourth-order valence-corrected chi connectivity index (χ4v) is 3.46. The summed E-state index contributed by atoms with van der Waals surface area (Å²) in [4.78, 5) is 12.5. The van der Waals surface area contributed by atoms with Crippen LogP contribution in [-0.2, 0) is 11.2 Å².